The van der Waals surface area contributed by atoms with E-state index in [1.807, 2.05) is 30.3 Å². The van der Waals surface area contributed by atoms with Crippen molar-refractivity contribution in [3.05, 3.63) is 70.7 Å². The summed E-state index contributed by atoms with van der Waals surface area (Å²) in [5.41, 5.74) is 3.80. The molecule has 30 heavy (non-hydrogen) atoms. The molecular weight excluding hydrogens is 464 g/mol. The van der Waals surface area contributed by atoms with Crippen molar-refractivity contribution >= 4 is 53.6 Å². The van der Waals surface area contributed by atoms with Crippen LogP contribution in [-0.4, -0.2) is 38.9 Å². The third-order valence-electron chi connectivity index (χ3n) is 5.72. The normalized spacial score (nSPS) is 15.9. The number of fused-ring (bicyclic) bond motifs is 3. The molecule has 0 atom stereocenters. The van der Waals surface area contributed by atoms with Gasteiger partial charge < -0.3 is 9.32 Å². The number of aryl methyl sites for hydroxylation is 1. The third-order valence-corrected chi connectivity index (χ3v) is 8.11. The lowest BCUT2D eigenvalue weighted by Gasteiger charge is -2.36. The van der Waals surface area contributed by atoms with Gasteiger partial charge in [-0.15, -0.1) is 0 Å². The van der Waals surface area contributed by atoms with Gasteiger partial charge in [0.2, 0.25) is 10.0 Å². The molecule has 0 unspecified atom stereocenters. The highest BCUT2D eigenvalue weighted by atomic mass is 79.9. The molecule has 5 nitrogen and oxygen atoms in total. The first-order valence-electron chi connectivity index (χ1n) is 9.86. The average molecular weight is 485 g/mol. The highest BCUT2D eigenvalue weighted by molar-refractivity contribution is 9.10. The summed E-state index contributed by atoms with van der Waals surface area (Å²) in [6, 6.07) is 19.0. The summed E-state index contributed by atoms with van der Waals surface area (Å²) in [6.07, 6.45) is 0. The number of hydrogen-bond acceptors (Lipinski definition) is 4. The Labute approximate surface area is 184 Å². The molecule has 4 aromatic rings. The predicted molar refractivity (Wildman–Crippen MR) is 124 cm³/mol. The second-order valence-electron chi connectivity index (χ2n) is 7.58. The van der Waals surface area contributed by atoms with Gasteiger partial charge in [-0.05, 0) is 55.0 Å². The van der Waals surface area contributed by atoms with Crippen LogP contribution in [0.15, 0.2) is 74.4 Å². The van der Waals surface area contributed by atoms with Crippen LogP contribution >= 0.6 is 15.9 Å². The number of para-hydroxylation sites is 1. The SMILES string of the molecule is Cc1cc(Br)ccc1N1CCN(S(=O)(=O)c2ccc3oc4ccccc4c3c2)CC1. The summed E-state index contributed by atoms with van der Waals surface area (Å²) in [7, 11) is -3.56. The molecule has 1 fully saturated rings. The van der Waals surface area contributed by atoms with E-state index in [2.05, 4.69) is 39.9 Å². The Morgan fingerprint density at radius 2 is 1.60 bits per heavy atom. The first-order valence-corrected chi connectivity index (χ1v) is 12.1. The summed E-state index contributed by atoms with van der Waals surface area (Å²) < 4.78 is 35.1. The maximum atomic E-state index is 13.3. The largest absolute Gasteiger partial charge is 0.456 e. The first kappa shape index (κ1) is 19.6. The van der Waals surface area contributed by atoms with Crippen LogP contribution in [0.1, 0.15) is 5.56 Å². The average Bonchev–Trinajstić information content (AvgIpc) is 3.12. The second-order valence-corrected chi connectivity index (χ2v) is 10.4. The van der Waals surface area contributed by atoms with Crippen LogP contribution in [0.2, 0.25) is 0 Å². The second kappa shape index (κ2) is 7.41. The molecule has 1 aromatic heterocycles. The third kappa shape index (κ3) is 3.31. The molecule has 0 saturated carbocycles. The monoisotopic (exact) mass is 484 g/mol. The van der Waals surface area contributed by atoms with E-state index in [0.29, 0.717) is 36.7 Å². The van der Waals surface area contributed by atoms with Gasteiger partial charge in [-0.2, -0.15) is 4.31 Å². The van der Waals surface area contributed by atoms with Gasteiger partial charge in [0, 0.05) is 47.1 Å². The minimum atomic E-state index is -3.56. The van der Waals surface area contributed by atoms with Crippen molar-refractivity contribution in [2.45, 2.75) is 11.8 Å². The Kier molecular flexibility index (Phi) is 4.84. The number of nitrogens with zero attached hydrogens (tertiary/aromatic N) is 2. The molecule has 7 heteroatoms. The van der Waals surface area contributed by atoms with E-state index >= 15 is 0 Å². The van der Waals surface area contributed by atoms with Crippen molar-refractivity contribution in [3.8, 4) is 0 Å². The smallest absolute Gasteiger partial charge is 0.243 e. The lowest BCUT2D eigenvalue weighted by atomic mass is 10.1. The molecule has 0 amide bonds. The summed E-state index contributed by atoms with van der Waals surface area (Å²) in [4.78, 5) is 2.57. The van der Waals surface area contributed by atoms with Crippen LogP contribution in [-0.2, 0) is 10.0 Å². The number of anilines is 1. The van der Waals surface area contributed by atoms with Gasteiger partial charge in [-0.25, -0.2) is 8.42 Å². The van der Waals surface area contributed by atoms with Gasteiger partial charge in [-0.3, -0.25) is 0 Å². The quantitative estimate of drug-likeness (QED) is 0.402. The van der Waals surface area contributed by atoms with Gasteiger partial charge in [0.25, 0.3) is 0 Å². The molecule has 0 bridgehead atoms. The van der Waals surface area contributed by atoms with Crippen LogP contribution in [0.25, 0.3) is 21.9 Å². The van der Waals surface area contributed by atoms with Gasteiger partial charge in [0.15, 0.2) is 0 Å². The van der Waals surface area contributed by atoms with E-state index in [4.69, 9.17) is 4.42 Å². The maximum absolute atomic E-state index is 13.3. The van der Waals surface area contributed by atoms with Gasteiger partial charge in [0.05, 0.1) is 4.90 Å². The Hall–Kier alpha value is -2.35. The first-order chi connectivity index (χ1) is 14.4. The fourth-order valence-electron chi connectivity index (χ4n) is 4.16. The van der Waals surface area contributed by atoms with E-state index in [0.717, 1.165) is 26.5 Å². The molecule has 0 aliphatic carbocycles. The predicted octanol–water partition coefficient (Wildman–Crippen LogP) is 5.17. The van der Waals surface area contributed by atoms with Crippen LogP contribution in [0, 0.1) is 6.92 Å². The van der Waals surface area contributed by atoms with Crippen LogP contribution in [0.5, 0.6) is 0 Å². The topological polar surface area (TPSA) is 53.8 Å². The Bertz CT molecular complexity index is 1360. The summed E-state index contributed by atoms with van der Waals surface area (Å²) in [6.45, 7) is 4.33. The van der Waals surface area contributed by atoms with Crippen LogP contribution < -0.4 is 4.90 Å². The van der Waals surface area contributed by atoms with Crippen molar-refractivity contribution in [3.63, 3.8) is 0 Å². The molecular formula is C23H21BrN2O3S. The fourth-order valence-corrected chi connectivity index (χ4v) is 6.08. The van der Waals surface area contributed by atoms with E-state index < -0.39 is 10.0 Å². The molecule has 154 valence electrons. The van der Waals surface area contributed by atoms with Crippen molar-refractivity contribution in [2.24, 2.45) is 0 Å². The van der Waals surface area contributed by atoms with E-state index in [1.165, 1.54) is 5.56 Å². The number of rotatable bonds is 3. The lowest BCUT2D eigenvalue weighted by molar-refractivity contribution is 0.385. The molecule has 0 N–H and O–H groups in total. The number of halogens is 1. The number of hydrogen-bond donors (Lipinski definition) is 0. The molecule has 0 radical (unpaired) electrons. The number of benzene rings is 3. The van der Waals surface area contributed by atoms with Crippen LogP contribution in [0.4, 0.5) is 5.69 Å². The van der Waals surface area contributed by atoms with Crippen molar-refractivity contribution < 1.29 is 12.8 Å². The molecule has 1 saturated heterocycles. The van der Waals surface area contributed by atoms with Crippen molar-refractivity contribution in [1.29, 1.82) is 0 Å². The van der Waals surface area contributed by atoms with Gasteiger partial charge in [0.1, 0.15) is 11.2 Å². The fraction of sp³-hybridized carbons (Fsp3) is 0.217. The number of piperazine rings is 1. The highest BCUT2D eigenvalue weighted by Gasteiger charge is 2.29. The zero-order valence-corrected chi connectivity index (χ0v) is 18.9. The summed E-state index contributed by atoms with van der Waals surface area (Å²) in [5, 5.41) is 1.76. The standard InChI is InChI=1S/C23H21BrN2O3S/c1-16-14-17(24)6-8-21(16)25-10-12-26(13-11-25)30(27,28)18-7-9-23-20(15-18)19-4-2-3-5-22(19)29-23/h2-9,14-15H,10-13H2,1H3. The van der Waals surface area contributed by atoms with Gasteiger partial charge in [-0.1, -0.05) is 34.1 Å². The Morgan fingerprint density at radius 3 is 2.37 bits per heavy atom. The van der Waals surface area contributed by atoms with Gasteiger partial charge >= 0.3 is 0 Å². The molecule has 2 heterocycles. The maximum Gasteiger partial charge on any atom is 0.243 e. The number of furan rings is 1. The molecule has 3 aromatic carbocycles. The molecule has 1 aliphatic heterocycles. The highest BCUT2D eigenvalue weighted by Crippen LogP contribution is 2.32. The van der Waals surface area contributed by atoms with E-state index in [9.17, 15) is 8.42 Å². The minimum absolute atomic E-state index is 0.315. The Balaban J connectivity index is 1.41. The molecule has 0 spiro atoms. The molecule has 5 rings (SSSR count). The van der Waals surface area contributed by atoms with E-state index in [-0.39, 0.29) is 0 Å². The molecule has 1 aliphatic rings. The zero-order valence-electron chi connectivity index (χ0n) is 16.5. The van der Waals surface area contributed by atoms with Crippen LogP contribution in [0.3, 0.4) is 0 Å². The summed E-state index contributed by atoms with van der Waals surface area (Å²) in [5.74, 6) is 0. The van der Waals surface area contributed by atoms with Crippen molar-refractivity contribution in [2.75, 3.05) is 31.1 Å². The minimum Gasteiger partial charge on any atom is -0.456 e. The Morgan fingerprint density at radius 1 is 0.867 bits per heavy atom. The lowest BCUT2D eigenvalue weighted by Crippen LogP contribution is -2.48. The van der Waals surface area contributed by atoms with Crippen molar-refractivity contribution in [1.82, 2.24) is 4.31 Å². The van der Waals surface area contributed by atoms with E-state index in [1.54, 1.807) is 22.5 Å². The zero-order chi connectivity index (χ0) is 20.9. The summed E-state index contributed by atoms with van der Waals surface area (Å²) >= 11 is 3.50. The number of sulfonamides is 1.